The van der Waals surface area contributed by atoms with Gasteiger partial charge in [0.25, 0.3) is 0 Å². The first kappa shape index (κ1) is 16.5. The lowest BCUT2D eigenvalue weighted by atomic mass is 9.79. The number of rotatable bonds is 6. The van der Waals surface area contributed by atoms with E-state index >= 15 is 0 Å². The second kappa shape index (κ2) is 7.42. The van der Waals surface area contributed by atoms with Crippen LogP contribution in [0.5, 0.6) is 0 Å². The summed E-state index contributed by atoms with van der Waals surface area (Å²) in [5, 5.41) is 3.87. The van der Waals surface area contributed by atoms with Gasteiger partial charge in [0.1, 0.15) is 0 Å². The summed E-state index contributed by atoms with van der Waals surface area (Å²) < 4.78 is 0. The van der Waals surface area contributed by atoms with Crippen molar-refractivity contribution in [3.63, 3.8) is 0 Å². The predicted octanol–water partition coefficient (Wildman–Crippen LogP) is 3.82. The molecule has 0 radical (unpaired) electrons. The number of nitrogens with one attached hydrogen (secondary N) is 1. The summed E-state index contributed by atoms with van der Waals surface area (Å²) in [5.74, 6) is 0. The van der Waals surface area contributed by atoms with Gasteiger partial charge in [-0.15, -0.1) is 0 Å². The molecule has 0 aliphatic carbocycles. The van der Waals surface area contributed by atoms with Crippen molar-refractivity contribution in [1.82, 2.24) is 10.2 Å². The van der Waals surface area contributed by atoms with Crippen LogP contribution < -0.4 is 5.32 Å². The minimum absolute atomic E-state index is 0.229. The van der Waals surface area contributed by atoms with Crippen molar-refractivity contribution >= 4 is 0 Å². The van der Waals surface area contributed by atoms with Gasteiger partial charge >= 0.3 is 0 Å². The third kappa shape index (κ3) is 4.82. The van der Waals surface area contributed by atoms with Gasteiger partial charge in [0.2, 0.25) is 0 Å². The number of benzene rings is 1. The van der Waals surface area contributed by atoms with Crippen LogP contribution in [0, 0.1) is 0 Å². The average molecular weight is 288 g/mol. The zero-order valence-corrected chi connectivity index (χ0v) is 14.2. The smallest absolute Gasteiger partial charge is 0.0197 e. The number of hydrogen-bond donors (Lipinski definition) is 1. The minimum atomic E-state index is 0.229. The Labute approximate surface area is 130 Å². The van der Waals surface area contributed by atoms with Crippen molar-refractivity contribution < 1.29 is 0 Å². The van der Waals surface area contributed by atoms with Crippen LogP contribution >= 0.6 is 0 Å². The molecule has 0 saturated carbocycles. The van der Waals surface area contributed by atoms with Crippen LogP contribution in [0.2, 0.25) is 0 Å². The highest BCUT2D eigenvalue weighted by Gasteiger charge is 2.26. The molecule has 21 heavy (non-hydrogen) atoms. The summed E-state index contributed by atoms with van der Waals surface area (Å²) in [7, 11) is 0. The van der Waals surface area contributed by atoms with E-state index in [-0.39, 0.29) is 5.41 Å². The molecule has 1 aliphatic rings. The Morgan fingerprint density at radius 1 is 1.29 bits per heavy atom. The van der Waals surface area contributed by atoms with Gasteiger partial charge in [-0.2, -0.15) is 0 Å². The van der Waals surface area contributed by atoms with Crippen molar-refractivity contribution in [3.05, 3.63) is 35.9 Å². The Hall–Kier alpha value is -0.860. The van der Waals surface area contributed by atoms with Crippen LogP contribution in [-0.4, -0.2) is 36.6 Å². The Bertz CT molecular complexity index is 413. The number of likely N-dealkylation sites (N-methyl/N-ethyl adjacent to an activating group) is 1. The number of likely N-dealkylation sites (tertiary alicyclic amines) is 1. The first-order valence-electron chi connectivity index (χ1n) is 8.55. The van der Waals surface area contributed by atoms with E-state index in [1.807, 2.05) is 0 Å². The van der Waals surface area contributed by atoms with E-state index in [0.29, 0.717) is 12.1 Å². The van der Waals surface area contributed by atoms with E-state index in [2.05, 4.69) is 68.2 Å². The van der Waals surface area contributed by atoms with Gasteiger partial charge in [-0.3, -0.25) is 0 Å². The van der Waals surface area contributed by atoms with E-state index in [1.165, 1.54) is 44.5 Å². The Morgan fingerprint density at radius 2 is 2.00 bits per heavy atom. The Kier molecular flexibility index (Phi) is 5.83. The fourth-order valence-electron chi connectivity index (χ4n) is 3.71. The molecule has 118 valence electrons. The molecule has 1 N–H and O–H groups in total. The molecule has 2 atom stereocenters. The lowest BCUT2D eigenvalue weighted by molar-refractivity contribution is 0.187. The van der Waals surface area contributed by atoms with E-state index in [9.17, 15) is 0 Å². The molecule has 2 unspecified atom stereocenters. The molecular weight excluding hydrogens is 256 g/mol. The van der Waals surface area contributed by atoms with Crippen LogP contribution in [0.25, 0.3) is 0 Å². The average Bonchev–Trinajstić information content (AvgIpc) is 2.47. The SMILES string of the molecule is CCN1CCCC(NC(C)CC(C)(C)c2ccccc2)C1. The molecule has 2 heteroatoms. The molecule has 1 aromatic rings. The fourth-order valence-corrected chi connectivity index (χ4v) is 3.71. The fraction of sp³-hybridized carbons (Fsp3) is 0.684. The first-order chi connectivity index (χ1) is 10.0. The topological polar surface area (TPSA) is 15.3 Å². The highest BCUT2D eigenvalue weighted by atomic mass is 15.2. The molecule has 1 fully saturated rings. The van der Waals surface area contributed by atoms with Gasteiger partial charge in [-0.05, 0) is 50.3 Å². The maximum atomic E-state index is 3.87. The van der Waals surface area contributed by atoms with Gasteiger partial charge in [0.05, 0.1) is 0 Å². The van der Waals surface area contributed by atoms with Gasteiger partial charge in [-0.25, -0.2) is 0 Å². The summed E-state index contributed by atoms with van der Waals surface area (Å²) in [4.78, 5) is 2.57. The molecule has 0 amide bonds. The summed E-state index contributed by atoms with van der Waals surface area (Å²) >= 11 is 0. The quantitative estimate of drug-likeness (QED) is 0.856. The van der Waals surface area contributed by atoms with Crippen molar-refractivity contribution in [1.29, 1.82) is 0 Å². The molecule has 0 spiro atoms. The van der Waals surface area contributed by atoms with Crippen LogP contribution in [-0.2, 0) is 5.41 Å². The molecular formula is C19H32N2. The highest BCUT2D eigenvalue weighted by molar-refractivity contribution is 5.23. The van der Waals surface area contributed by atoms with Gasteiger partial charge in [-0.1, -0.05) is 51.1 Å². The number of piperidine rings is 1. The molecule has 1 saturated heterocycles. The molecule has 1 aromatic carbocycles. The molecule has 2 nitrogen and oxygen atoms in total. The summed E-state index contributed by atoms with van der Waals surface area (Å²) in [6.45, 7) is 13.0. The summed E-state index contributed by atoms with van der Waals surface area (Å²) in [6.07, 6.45) is 3.84. The molecule has 0 bridgehead atoms. The zero-order valence-electron chi connectivity index (χ0n) is 14.2. The zero-order chi connectivity index (χ0) is 15.3. The predicted molar refractivity (Wildman–Crippen MR) is 91.8 cm³/mol. The van der Waals surface area contributed by atoms with E-state index < -0.39 is 0 Å². The van der Waals surface area contributed by atoms with Crippen molar-refractivity contribution in [2.24, 2.45) is 0 Å². The van der Waals surface area contributed by atoms with E-state index in [1.54, 1.807) is 0 Å². The van der Waals surface area contributed by atoms with Crippen molar-refractivity contribution in [2.75, 3.05) is 19.6 Å². The van der Waals surface area contributed by atoms with E-state index in [0.717, 1.165) is 0 Å². The maximum Gasteiger partial charge on any atom is 0.0197 e. The number of hydrogen-bond acceptors (Lipinski definition) is 2. The second-order valence-corrected chi connectivity index (χ2v) is 7.25. The largest absolute Gasteiger partial charge is 0.310 e. The molecule has 0 aromatic heterocycles. The third-order valence-corrected chi connectivity index (χ3v) is 4.84. The highest BCUT2D eigenvalue weighted by Crippen LogP contribution is 2.28. The van der Waals surface area contributed by atoms with Crippen LogP contribution in [0.3, 0.4) is 0 Å². The third-order valence-electron chi connectivity index (χ3n) is 4.84. The van der Waals surface area contributed by atoms with Gasteiger partial charge in [0, 0.05) is 18.6 Å². The normalized spacial score (nSPS) is 22.2. The lowest BCUT2D eigenvalue weighted by Gasteiger charge is -2.36. The number of nitrogens with zero attached hydrogens (tertiary/aromatic N) is 1. The van der Waals surface area contributed by atoms with E-state index in [4.69, 9.17) is 0 Å². The summed E-state index contributed by atoms with van der Waals surface area (Å²) in [5.41, 5.74) is 1.67. The van der Waals surface area contributed by atoms with Crippen LogP contribution in [0.4, 0.5) is 0 Å². The lowest BCUT2D eigenvalue weighted by Crippen LogP contribution is -2.49. The second-order valence-electron chi connectivity index (χ2n) is 7.25. The molecule has 2 rings (SSSR count). The van der Waals surface area contributed by atoms with Gasteiger partial charge in [0.15, 0.2) is 0 Å². The Morgan fingerprint density at radius 3 is 2.67 bits per heavy atom. The monoisotopic (exact) mass is 288 g/mol. The minimum Gasteiger partial charge on any atom is -0.310 e. The first-order valence-corrected chi connectivity index (χ1v) is 8.55. The Balaban J connectivity index is 1.87. The van der Waals surface area contributed by atoms with Crippen molar-refractivity contribution in [2.45, 2.75) is 64.5 Å². The van der Waals surface area contributed by atoms with Crippen LogP contribution in [0.1, 0.15) is 52.5 Å². The van der Waals surface area contributed by atoms with Crippen molar-refractivity contribution in [3.8, 4) is 0 Å². The molecule has 1 heterocycles. The maximum absolute atomic E-state index is 3.87. The summed E-state index contributed by atoms with van der Waals surface area (Å²) in [6, 6.07) is 12.1. The molecule has 1 aliphatic heterocycles. The van der Waals surface area contributed by atoms with Crippen LogP contribution in [0.15, 0.2) is 30.3 Å². The van der Waals surface area contributed by atoms with Gasteiger partial charge < -0.3 is 10.2 Å². The standard InChI is InChI=1S/C19H32N2/c1-5-21-13-9-12-18(15-21)20-16(2)14-19(3,4)17-10-7-6-8-11-17/h6-8,10-11,16,18,20H,5,9,12-15H2,1-4H3.